The molecule has 2 amide bonds. The standard InChI is InChI=1S/C21H36N4O6/c1-15(2)5-6-16(22-21(28)31-25-9-11-29-12-10-25)20(27)23-19-17(26)14-30-18(19)13-24-7-3-4-8-24/h15-16,18-19H,3-14H2,1-2H3,(H,22,28)(H,23,27)/t16-,18?,19?/m0/s1. The zero-order valence-corrected chi connectivity index (χ0v) is 18.6. The molecule has 0 saturated carbocycles. The Bertz CT molecular complexity index is 619. The lowest BCUT2D eigenvalue weighted by molar-refractivity contribution is -0.147. The summed E-state index contributed by atoms with van der Waals surface area (Å²) in [6, 6.07) is -1.47. The molecule has 0 aromatic heterocycles. The summed E-state index contributed by atoms with van der Waals surface area (Å²) in [5, 5.41) is 7.04. The van der Waals surface area contributed by atoms with Crippen LogP contribution in [0, 0.1) is 5.92 Å². The van der Waals surface area contributed by atoms with Crippen molar-refractivity contribution in [2.24, 2.45) is 5.92 Å². The summed E-state index contributed by atoms with van der Waals surface area (Å²) < 4.78 is 10.9. The Morgan fingerprint density at radius 1 is 1.13 bits per heavy atom. The number of ketones is 1. The summed E-state index contributed by atoms with van der Waals surface area (Å²) in [4.78, 5) is 45.3. The molecular weight excluding hydrogens is 404 g/mol. The summed E-state index contributed by atoms with van der Waals surface area (Å²) in [6.07, 6.45) is 2.46. The third-order valence-corrected chi connectivity index (χ3v) is 5.92. The highest BCUT2D eigenvalue weighted by atomic mass is 16.7. The van der Waals surface area contributed by atoms with Crippen molar-refractivity contribution in [3.8, 4) is 0 Å². The Hall–Kier alpha value is -1.75. The number of nitrogens with one attached hydrogen (secondary N) is 2. The molecule has 3 aliphatic heterocycles. The summed E-state index contributed by atoms with van der Waals surface area (Å²) in [7, 11) is 0. The highest BCUT2D eigenvalue weighted by Gasteiger charge is 2.39. The van der Waals surface area contributed by atoms with Gasteiger partial charge in [0.05, 0.1) is 32.4 Å². The van der Waals surface area contributed by atoms with Crippen LogP contribution < -0.4 is 10.6 Å². The highest BCUT2D eigenvalue weighted by molar-refractivity contribution is 5.94. The third-order valence-electron chi connectivity index (χ3n) is 5.92. The lowest BCUT2D eigenvalue weighted by Crippen LogP contribution is -2.55. The van der Waals surface area contributed by atoms with E-state index in [1.807, 2.05) is 0 Å². The van der Waals surface area contributed by atoms with E-state index in [1.54, 1.807) is 0 Å². The van der Waals surface area contributed by atoms with Gasteiger partial charge in [-0.2, -0.15) is 0 Å². The van der Waals surface area contributed by atoms with E-state index in [0.29, 0.717) is 45.2 Å². The molecule has 0 aromatic rings. The van der Waals surface area contributed by atoms with Gasteiger partial charge in [-0.1, -0.05) is 13.8 Å². The summed E-state index contributed by atoms with van der Waals surface area (Å²) >= 11 is 0. The number of nitrogens with zero attached hydrogens (tertiary/aromatic N) is 2. The van der Waals surface area contributed by atoms with Gasteiger partial charge in [-0.3, -0.25) is 9.59 Å². The number of carbonyl (C=O) groups excluding carboxylic acids is 3. The summed E-state index contributed by atoms with van der Waals surface area (Å²) in [6.45, 7) is 8.68. The monoisotopic (exact) mass is 440 g/mol. The average molecular weight is 441 g/mol. The molecule has 3 fully saturated rings. The van der Waals surface area contributed by atoms with Crippen LogP contribution in [0.3, 0.4) is 0 Å². The van der Waals surface area contributed by atoms with Crippen molar-refractivity contribution in [1.82, 2.24) is 20.6 Å². The Balaban J connectivity index is 1.56. The first-order valence-corrected chi connectivity index (χ1v) is 11.4. The van der Waals surface area contributed by atoms with Crippen molar-refractivity contribution in [3.63, 3.8) is 0 Å². The van der Waals surface area contributed by atoms with Gasteiger partial charge in [-0.25, -0.2) is 4.79 Å². The SMILES string of the molecule is CC(C)CC[C@H](NC(=O)ON1CCOCC1)C(=O)NC1C(=O)COC1CN1CCCC1. The van der Waals surface area contributed by atoms with Gasteiger partial charge in [0.15, 0.2) is 5.78 Å². The smallest absolute Gasteiger partial charge is 0.379 e. The predicted octanol–water partition coefficient (Wildman–Crippen LogP) is 0.313. The molecule has 0 radical (unpaired) electrons. The fourth-order valence-corrected chi connectivity index (χ4v) is 4.08. The average Bonchev–Trinajstić information content (AvgIpc) is 3.37. The van der Waals surface area contributed by atoms with Gasteiger partial charge < -0.3 is 29.8 Å². The number of hydroxylamine groups is 2. The molecular formula is C21H36N4O6. The van der Waals surface area contributed by atoms with E-state index in [4.69, 9.17) is 14.3 Å². The van der Waals surface area contributed by atoms with E-state index >= 15 is 0 Å². The van der Waals surface area contributed by atoms with Gasteiger partial charge in [0.2, 0.25) is 5.91 Å². The maximum absolute atomic E-state index is 13.0. The number of amides is 2. The van der Waals surface area contributed by atoms with Crippen molar-refractivity contribution >= 4 is 17.8 Å². The first-order chi connectivity index (χ1) is 14.9. The number of likely N-dealkylation sites (tertiary alicyclic amines) is 1. The fraction of sp³-hybridized carbons (Fsp3) is 0.857. The Morgan fingerprint density at radius 2 is 1.84 bits per heavy atom. The fourth-order valence-electron chi connectivity index (χ4n) is 4.08. The van der Waals surface area contributed by atoms with Crippen LogP contribution in [0.15, 0.2) is 0 Å². The summed E-state index contributed by atoms with van der Waals surface area (Å²) in [5.41, 5.74) is 0. The number of hydrogen-bond acceptors (Lipinski definition) is 8. The Kier molecular flexibility index (Phi) is 9.06. The molecule has 3 saturated heterocycles. The molecule has 3 rings (SSSR count). The molecule has 3 atom stereocenters. The Labute approximate surface area is 183 Å². The van der Waals surface area contributed by atoms with Crippen molar-refractivity contribution in [2.45, 2.75) is 57.7 Å². The van der Waals surface area contributed by atoms with Gasteiger partial charge in [0.25, 0.3) is 0 Å². The second-order valence-electron chi connectivity index (χ2n) is 8.90. The van der Waals surface area contributed by atoms with Crippen LogP contribution in [0.4, 0.5) is 4.79 Å². The molecule has 2 N–H and O–H groups in total. The van der Waals surface area contributed by atoms with Gasteiger partial charge in [-0.05, 0) is 44.7 Å². The lowest BCUT2D eigenvalue weighted by Gasteiger charge is -2.28. The molecule has 0 spiro atoms. The summed E-state index contributed by atoms with van der Waals surface area (Å²) in [5.74, 6) is -0.141. The minimum atomic E-state index is -0.781. The van der Waals surface area contributed by atoms with E-state index in [1.165, 1.54) is 5.06 Å². The molecule has 176 valence electrons. The number of hydrogen-bond donors (Lipinski definition) is 2. The normalized spacial score (nSPS) is 26.2. The van der Waals surface area contributed by atoms with Crippen molar-refractivity contribution in [2.75, 3.05) is 52.5 Å². The number of rotatable bonds is 9. The maximum atomic E-state index is 13.0. The minimum Gasteiger partial charge on any atom is -0.379 e. The second-order valence-corrected chi connectivity index (χ2v) is 8.90. The topological polar surface area (TPSA) is 109 Å². The zero-order chi connectivity index (χ0) is 22.2. The number of ether oxygens (including phenoxy) is 2. The third kappa shape index (κ3) is 7.41. The second kappa shape index (κ2) is 11.8. The molecule has 0 aromatic carbocycles. The molecule has 3 heterocycles. The van der Waals surface area contributed by atoms with E-state index in [0.717, 1.165) is 32.4 Å². The van der Waals surface area contributed by atoms with Crippen molar-refractivity contribution in [3.05, 3.63) is 0 Å². The van der Waals surface area contributed by atoms with Crippen LogP contribution in [-0.2, 0) is 23.9 Å². The molecule has 0 bridgehead atoms. The Morgan fingerprint density at radius 3 is 2.52 bits per heavy atom. The number of Topliss-reactive ketones (excluding diaryl/α,β-unsaturated/α-hetero) is 1. The van der Waals surface area contributed by atoms with Crippen LogP contribution in [0.5, 0.6) is 0 Å². The molecule has 2 unspecified atom stereocenters. The van der Waals surface area contributed by atoms with Crippen LogP contribution in [0.1, 0.15) is 39.5 Å². The van der Waals surface area contributed by atoms with Crippen LogP contribution >= 0.6 is 0 Å². The lowest BCUT2D eigenvalue weighted by atomic mass is 10.0. The highest BCUT2D eigenvalue weighted by Crippen LogP contribution is 2.17. The maximum Gasteiger partial charge on any atom is 0.426 e. The first-order valence-electron chi connectivity index (χ1n) is 11.4. The molecule has 10 heteroatoms. The van der Waals surface area contributed by atoms with E-state index < -0.39 is 18.2 Å². The van der Waals surface area contributed by atoms with Gasteiger partial charge >= 0.3 is 6.09 Å². The number of carbonyl (C=O) groups is 3. The molecule has 10 nitrogen and oxygen atoms in total. The van der Waals surface area contributed by atoms with Crippen LogP contribution in [-0.4, -0.2) is 98.5 Å². The van der Waals surface area contributed by atoms with E-state index in [-0.39, 0.29) is 24.4 Å². The molecule has 31 heavy (non-hydrogen) atoms. The largest absolute Gasteiger partial charge is 0.426 e. The quantitative estimate of drug-likeness (QED) is 0.527. The van der Waals surface area contributed by atoms with Gasteiger partial charge in [0.1, 0.15) is 18.7 Å². The first kappa shape index (κ1) is 23.9. The predicted molar refractivity (Wildman–Crippen MR) is 112 cm³/mol. The van der Waals surface area contributed by atoms with Gasteiger partial charge in [-0.15, -0.1) is 5.06 Å². The van der Waals surface area contributed by atoms with E-state index in [2.05, 4.69) is 29.4 Å². The van der Waals surface area contributed by atoms with Crippen molar-refractivity contribution in [1.29, 1.82) is 0 Å². The van der Waals surface area contributed by atoms with Crippen molar-refractivity contribution < 1.29 is 28.7 Å². The zero-order valence-electron chi connectivity index (χ0n) is 18.6. The molecule has 0 aliphatic carbocycles. The van der Waals surface area contributed by atoms with Crippen LogP contribution in [0.25, 0.3) is 0 Å². The molecule has 3 aliphatic rings. The van der Waals surface area contributed by atoms with E-state index in [9.17, 15) is 14.4 Å². The minimum absolute atomic E-state index is 0.00656. The number of morpholine rings is 1. The van der Waals surface area contributed by atoms with Crippen LogP contribution in [0.2, 0.25) is 0 Å². The van der Waals surface area contributed by atoms with Gasteiger partial charge in [0, 0.05) is 6.54 Å².